The summed E-state index contributed by atoms with van der Waals surface area (Å²) in [5.74, 6) is -0.222. The van der Waals surface area contributed by atoms with Crippen molar-refractivity contribution in [3.63, 3.8) is 0 Å². The molecule has 0 aromatic heterocycles. The molecule has 2 unspecified atom stereocenters. The molecule has 0 radical (unpaired) electrons. The highest BCUT2D eigenvalue weighted by Crippen LogP contribution is 2.30. The normalized spacial score (nSPS) is 24.5. The van der Waals surface area contributed by atoms with Crippen LogP contribution >= 0.6 is 0 Å². The Morgan fingerprint density at radius 1 is 1.42 bits per heavy atom. The number of likely N-dealkylation sites (tertiary alicyclic amines) is 1. The van der Waals surface area contributed by atoms with E-state index in [9.17, 15) is 9.59 Å². The largest absolute Gasteiger partial charge is 0.481 e. The van der Waals surface area contributed by atoms with E-state index in [1.165, 1.54) is 0 Å². The molecule has 19 heavy (non-hydrogen) atoms. The molecule has 0 saturated carbocycles. The van der Waals surface area contributed by atoms with Crippen LogP contribution in [0.2, 0.25) is 0 Å². The van der Waals surface area contributed by atoms with Crippen molar-refractivity contribution in [1.29, 1.82) is 0 Å². The summed E-state index contributed by atoms with van der Waals surface area (Å²) in [7, 11) is 0. The highest BCUT2D eigenvalue weighted by Gasteiger charge is 2.41. The first-order chi connectivity index (χ1) is 8.92. The number of carbonyl (C=O) groups excluding carboxylic acids is 1. The predicted octanol–water partition coefficient (Wildman–Crippen LogP) is 1.46. The number of rotatable bonds is 7. The smallest absolute Gasteiger partial charge is 0.311 e. The summed E-state index contributed by atoms with van der Waals surface area (Å²) in [6.07, 6.45) is 3.91. The first-order valence-electron chi connectivity index (χ1n) is 7.14. The predicted molar refractivity (Wildman–Crippen MR) is 73.6 cm³/mol. The van der Waals surface area contributed by atoms with Crippen LogP contribution in [0.1, 0.15) is 46.0 Å². The Morgan fingerprint density at radius 2 is 2.11 bits per heavy atom. The van der Waals surface area contributed by atoms with Gasteiger partial charge in [-0.1, -0.05) is 13.3 Å². The average Bonchev–Trinajstić information content (AvgIpc) is 2.78. The molecule has 5 nitrogen and oxygen atoms in total. The monoisotopic (exact) mass is 270 g/mol. The molecule has 0 bridgehead atoms. The minimum Gasteiger partial charge on any atom is -0.481 e. The van der Waals surface area contributed by atoms with Gasteiger partial charge < -0.3 is 15.7 Å². The van der Waals surface area contributed by atoms with Gasteiger partial charge in [0.15, 0.2) is 0 Å². The third-order valence-electron chi connectivity index (χ3n) is 4.26. The van der Waals surface area contributed by atoms with Crippen molar-refractivity contribution in [3.05, 3.63) is 0 Å². The van der Waals surface area contributed by atoms with Crippen LogP contribution < -0.4 is 5.73 Å². The molecule has 1 amide bonds. The number of aliphatic carboxylic acids is 1. The number of hydrogen-bond acceptors (Lipinski definition) is 3. The lowest BCUT2D eigenvalue weighted by molar-refractivity contribution is -0.147. The van der Waals surface area contributed by atoms with E-state index in [0.717, 1.165) is 19.3 Å². The molecular formula is C14H26N2O3. The van der Waals surface area contributed by atoms with Gasteiger partial charge in [0.25, 0.3) is 0 Å². The van der Waals surface area contributed by atoms with Gasteiger partial charge in [0.05, 0.1) is 5.41 Å². The Balaban J connectivity index is 2.41. The highest BCUT2D eigenvalue weighted by molar-refractivity contribution is 5.80. The third-order valence-corrected chi connectivity index (χ3v) is 4.26. The molecule has 1 aliphatic rings. The highest BCUT2D eigenvalue weighted by atomic mass is 16.4. The summed E-state index contributed by atoms with van der Waals surface area (Å²) in [5.41, 5.74) is 4.77. The quantitative estimate of drug-likeness (QED) is 0.733. The summed E-state index contributed by atoms with van der Waals surface area (Å²) in [5, 5.41) is 9.15. The fourth-order valence-corrected chi connectivity index (χ4v) is 2.62. The lowest BCUT2D eigenvalue weighted by Gasteiger charge is -2.21. The number of amides is 1. The van der Waals surface area contributed by atoms with E-state index in [1.54, 1.807) is 11.8 Å². The van der Waals surface area contributed by atoms with Crippen molar-refractivity contribution < 1.29 is 14.7 Å². The molecule has 0 spiro atoms. The van der Waals surface area contributed by atoms with Crippen molar-refractivity contribution in [2.45, 2.75) is 46.0 Å². The topological polar surface area (TPSA) is 83.6 Å². The van der Waals surface area contributed by atoms with Crippen molar-refractivity contribution >= 4 is 11.9 Å². The summed E-state index contributed by atoms with van der Waals surface area (Å²) < 4.78 is 0. The zero-order valence-corrected chi connectivity index (χ0v) is 12.0. The molecule has 2 atom stereocenters. The van der Waals surface area contributed by atoms with Crippen LogP contribution in [0.15, 0.2) is 0 Å². The van der Waals surface area contributed by atoms with Crippen LogP contribution in [-0.2, 0) is 9.59 Å². The molecule has 0 aromatic rings. The molecule has 3 N–H and O–H groups in total. The van der Waals surface area contributed by atoms with Gasteiger partial charge in [0.1, 0.15) is 0 Å². The number of carboxylic acids is 1. The SMILES string of the molecule is CCC(CCN)CCC(=O)N1CCC(C)(C(=O)O)C1. The van der Waals surface area contributed by atoms with E-state index in [1.807, 2.05) is 0 Å². The van der Waals surface area contributed by atoms with Crippen LogP contribution in [0.5, 0.6) is 0 Å². The maximum atomic E-state index is 12.1. The second kappa shape index (κ2) is 6.89. The van der Waals surface area contributed by atoms with E-state index < -0.39 is 11.4 Å². The van der Waals surface area contributed by atoms with Crippen LogP contribution in [-0.4, -0.2) is 41.5 Å². The van der Waals surface area contributed by atoms with Crippen molar-refractivity contribution in [2.75, 3.05) is 19.6 Å². The van der Waals surface area contributed by atoms with Crippen molar-refractivity contribution in [2.24, 2.45) is 17.1 Å². The second-order valence-corrected chi connectivity index (χ2v) is 5.82. The van der Waals surface area contributed by atoms with Crippen molar-refractivity contribution in [1.82, 2.24) is 4.90 Å². The Morgan fingerprint density at radius 3 is 2.58 bits per heavy atom. The third kappa shape index (κ3) is 4.20. The van der Waals surface area contributed by atoms with E-state index in [-0.39, 0.29) is 5.91 Å². The summed E-state index contributed by atoms with van der Waals surface area (Å²) in [6.45, 7) is 5.39. The minimum absolute atomic E-state index is 0.0837. The molecule has 1 fully saturated rings. The maximum absolute atomic E-state index is 12.1. The van der Waals surface area contributed by atoms with E-state index in [2.05, 4.69) is 6.92 Å². The average molecular weight is 270 g/mol. The van der Waals surface area contributed by atoms with Gasteiger partial charge in [-0.2, -0.15) is 0 Å². The first kappa shape index (κ1) is 16.0. The number of nitrogens with two attached hydrogens (primary N) is 1. The van der Waals surface area contributed by atoms with Crippen LogP contribution in [0, 0.1) is 11.3 Å². The van der Waals surface area contributed by atoms with E-state index >= 15 is 0 Å². The molecule has 1 rings (SSSR count). The Bertz CT molecular complexity index is 333. The summed E-state index contributed by atoms with van der Waals surface area (Å²) >= 11 is 0. The summed E-state index contributed by atoms with van der Waals surface area (Å²) in [6, 6.07) is 0. The molecule has 5 heteroatoms. The lowest BCUT2D eigenvalue weighted by Crippen LogP contribution is -2.35. The molecule has 1 heterocycles. The summed E-state index contributed by atoms with van der Waals surface area (Å²) in [4.78, 5) is 24.9. The number of hydrogen-bond donors (Lipinski definition) is 2. The zero-order valence-electron chi connectivity index (χ0n) is 12.0. The zero-order chi connectivity index (χ0) is 14.5. The lowest BCUT2D eigenvalue weighted by atomic mass is 9.90. The van der Waals surface area contributed by atoms with Crippen LogP contribution in [0.4, 0.5) is 0 Å². The molecule has 0 aromatic carbocycles. The van der Waals surface area contributed by atoms with Gasteiger partial charge in [-0.15, -0.1) is 0 Å². The minimum atomic E-state index is -0.808. The molecule has 1 saturated heterocycles. The van der Waals surface area contributed by atoms with E-state index in [4.69, 9.17) is 10.8 Å². The fraction of sp³-hybridized carbons (Fsp3) is 0.857. The molecule has 1 aliphatic heterocycles. The van der Waals surface area contributed by atoms with Gasteiger partial charge in [-0.25, -0.2) is 0 Å². The Labute approximate surface area is 115 Å². The molecular weight excluding hydrogens is 244 g/mol. The van der Waals surface area contributed by atoms with Gasteiger partial charge in [0, 0.05) is 19.5 Å². The van der Waals surface area contributed by atoms with Crippen LogP contribution in [0.25, 0.3) is 0 Å². The van der Waals surface area contributed by atoms with Gasteiger partial charge in [-0.3, -0.25) is 9.59 Å². The Kier molecular flexibility index (Phi) is 5.79. The van der Waals surface area contributed by atoms with Gasteiger partial charge >= 0.3 is 5.97 Å². The van der Waals surface area contributed by atoms with Crippen molar-refractivity contribution in [3.8, 4) is 0 Å². The molecule has 110 valence electrons. The number of carbonyl (C=O) groups is 2. The van der Waals surface area contributed by atoms with Gasteiger partial charge in [0.2, 0.25) is 5.91 Å². The van der Waals surface area contributed by atoms with E-state index in [0.29, 0.717) is 38.4 Å². The van der Waals surface area contributed by atoms with Crippen LogP contribution in [0.3, 0.4) is 0 Å². The fourth-order valence-electron chi connectivity index (χ4n) is 2.62. The first-order valence-corrected chi connectivity index (χ1v) is 7.14. The van der Waals surface area contributed by atoms with Gasteiger partial charge in [-0.05, 0) is 38.6 Å². The maximum Gasteiger partial charge on any atom is 0.311 e. The molecule has 0 aliphatic carbocycles. The number of carboxylic acid groups (broad SMARTS) is 1. The standard InChI is InChI=1S/C14H26N2O3/c1-3-11(6-8-15)4-5-12(17)16-9-7-14(2,10-16)13(18)19/h11H,3-10,15H2,1-2H3,(H,18,19). The Hall–Kier alpha value is -1.10. The second-order valence-electron chi connectivity index (χ2n) is 5.82. The number of nitrogens with zero attached hydrogens (tertiary/aromatic N) is 1.